The second-order valence-corrected chi connectivity index (χ2v) is 4.82. The molecule has 0 aliphatic heterocycles. The SMILES string of the molecule is O=C(O)c1cccc(OCC2CCC(O)CC2)c1. The molecule has 0 spiro atoms. The fourth-order valence-corrected chi connectivity index (χ4v) is 2.24. The zero-order valence-electron chi connectivity index (χ0n) is 10.2. The van der Waals surface area contributed by atoms with Crippen LogP contribution in [0.4, 0.5) is 0 Å². The van der Waals surface area contributed by atoms with Crippen molar-refractivity contribution in [2.24, 2.45) is 5.92 Å². The first-order valence-electron chi connectivity index (χ1n) is 6.29. The lowest BCUT2D eigenvalue weighted by molar-refractivity contribution is 0.0695. The summed E-state index contributed by atoms with van der Waals surface area (Å²) in [5.74, 6) is 0.115. The maximum atomic E-state index is 10.8. The van der Waals surface area contributed by atoms with Crippen LogP contribution in [0.15, 0.2) is 24.3 Å². The Bertz CT molecular complexity index is 408. The number of carbonyl (C=O) groups is 1. The number of hydrogen-bond acceptors (Lipinski definition) is 3. The molecule has 1 fully saturated rings. The van der Waals surface area contributed by atoms with Crippen LogP contribution in [0.1, 0.15) is 36.0 Å². The molecule has 2 N–H and O–H groups in total. The van der Waals surface area contributed by atoms with Crippen molar-refractivity contribution in [1.82, 2.24) is 0 Å². The second kappa shape index (κ2) is 5.87. The number of hydrogen-bond donors (Lipinski definition) is 2. The van der Waals surface area contributed by atoms with Gasteiger partial charge in [0.25, 0.3) is 0 Å². The summed E-state index contributed by atoms with van der Waals surface area (Å²) in [5.41, 5.74) is 0.242. The molecule has 4 nitrogen and oxygen atoms in total. The summed E-state index contributed by atoms with van der Waals surface area (Å²) in [6.07, 6.45) is 3.46. The first-order valence-corrected chi connectivity index (χ1v) is 6.29. The quantitative estimate of drug-likeness (QED) is 0.860. The number of aliphatic hydroxyl groups is 1. The summed E-state index contributed by atoms with van der Waals surface area (Å²) >= 11 is 0. The summed E-state index contributed by atoms with van der Waals surface area (Å²) in [6.45, 7) is 0.593. The van der Waals surface area contributed by atoms with Crippen LogP contribution in [0.2, 0.25) is 0 Å². The van der Waals surface area contributed by atoms with Gasteiger partial charge < -0.3 is 14.9 Å². The van der Waals surface area contributed by atoms with Gasteiger partial charge in [0, 0.05) is 0 Å². The van der Waals surface area contributed by atoms with Crippen molar-refractivity contribution in [2.75, 3.05) is 6.61 Å². The zero-order chi connectivity index (χ0) is 13.0. The summed E-state index contributed by atoms with van der Waals surface area (Å²) in [6, 6.07) is 6.54. The number of benzene rings is 1. The number of rotatable bonds is 4. The third kappa shape index (κ3) is 3.47. The monoisotopic (exact) mass is 250 g/mol. The standard InChI is InChI=1S/C14H18O4/c15-12-6-4-10(5-7-12)9-18-13-3-1-2-11(8-13)14(16)17/h1-3,8,10,12,15H,4-7,9H2,(H,16,17). The molecule has 1 aliphatic carbocycles. The zero-order valence-corrected chi connectivity index (χ0v) is 10.2. The Morgan fingerprint density at radius 1 is 1.28 bits per heavy atom. The van der Waals surface area contributed by atoms with Crippen molar-refractivity contribution in [3.63, 3.8) is 0 Å². The van der Waals surface area contributed by atoms with E-state index in [9.17, 15) is 9.90 Å². The predicted octanol–water partition coefficient (Wildman–Crippen LogP) is 2.31. The minimum atomic E-state index is -0.943. The van der Waals surface area contributed by atoms with E-state index in [-0.39, 0.29) is 11.7 Å². The molecule has 1 aliphatic rings. The van der Waals surface area contributed by atoms with Crippen LogP contribution in [0, 0.1) is 5.92 Å². The van der Waals surface area contributed by atoms with Gasteiger partial charge in [-0.2, -0.15) is 0 Å². The molecule has 98 valence electrons. The first-order chi connectivity index (χ1) is 8.65. The third-order valence-corrected chi connectivity index (χ3v) is 3.38. The highest BCUT2D eigenvalue weighted by Gasteiger charge is 2.19. The van der Waals surface area contributed by atoms with Gasteiger partial charge in [0.05, 0.1) is 18.3 Å². The number of ether oxygens (including phenoxy) is 1. The van der Waals surface area contributed by atoms with E-state index in [4.69, 9.17) is 9.84 Å². The smallest absolute Gasteiger partial charge is 0.335 e. The minimum Gasteiger partial charge on any atom is -0.493 e. The predicted molar refractivity (Wildman–Crippen MR) is 66.9 cm³/mol. The lowest BCUT2D eigenvalue weighted by Gasteiger charge is -2.25. The van der Waals surface area contributed by atoms with Gasteiger partial charge in [-0.1, -0.05) is 6.07 Å². The highest BCUT2D eigenvalue weighted by Crippen LogP contribution is 2.25. The Labute approximate surface area is 106 Å². The average Bonchev–Trinajstić information content (AvgIpc) is 2.38. The largest absolute Gasteiger partial charge is 0.493 e. The fraction of sp³-hybridized carbons (Fsp3) is 0.500. The molecule has 1 aromatic carbocycles. The van der Waals surface area contributed by atoms with Gasteiger partial charge in [-0.15, -0.1) is 0 Å². The van der Waals surface area contributed by atoms with Crippen molar-refractivity contribution in [3.8, 4) is 5.75 Å². The van der Waals surface area contributed by atoms with Gasteiger partial charge >= 0.3 is 5.97 Å². The van der Waals surface area contributed by atoms with Gasteiger partial charge in [0.1, 0.15) is 5.75 Å². The number of carboxylic acid groups (broad SMARTS) is 1. The molecule has 0 heterocycles. The number of carboxylic acids is 1. The first kappa shape index (κ1) is 12.9. The van der Waals surface area contributed by atoms with Gasteiger partial charge in [-0.25, -0.2) is 4.79 Å². The van der Waals surface area contributed by atoms with Crippen LogP contribution in [-0.2, 0) is 0 Å². The van der Waals surface area contributed by atoms with Crippen LogP contribution in [-0.4, -0.2) is 28.9 Å². The van der Waals surface area contributed by atoms with Crippen LogP contribution in [0.25, 0.3) is 0 Å². The highest BCUT2D eigenvalue weighted by molar-refractivity contribution is 5.87. The molecule has 0 aromatic heterocycles. The molecule has 2 rings (SSSR count). The third-order valence-electron chi connectivity index (χ3n) is 3.38. The Morgan fingerprint density at radius 2 is 2.00 bits per heavy atom. The summed E-state index contributed by atoms with van der Waals surface area (Å²) < 4.78 is 5.63. The van der Waals surface area contributed by atoms with E-state index in [1.54, 1.807) is 24.3 Å². The van der Waals surface area contributed by atoms with E-state index in [2.05, 4.69) is 0 Å². The van der Waals surface area contributed by atoms with Crippen molar-refractivity contribution in [3.05, 3.63) is 29.8 Å². The number of aromatic carboxylic acids is 1. The van der Waals surface area contributed by atoms with Crippen LogP contribution < -0.4 is 4.74 Å². The summed E-state index contributed by atoms with van der Waals surface area (Å²) in [5, 5.41) is 18.3. The van der Waals surface area contributed by atoms with Crippen molar-refractivity contribution >= 4 is 5.97 Å². The van der Waals surface area contributed by atoms with Crippen molar-refractivity contribution in [2.45, 2.75) is 31.8 Å². The topological polar surface area (TPSA) is 66.8 Å². The Kier molecular flexibility index (Phi) is 4.20. The van der Waals surface area contributed by atoms with E-state index in [1.165, 1.54) is 0 Å². The van der Waals surface area contributed by atoms with E-state index in [0.717, 1.165) is 25.7 Å². The van der Waals surface area contributed by atoms with E-state index in [0.29, 0.717) is 18.3 Å². The lowest BCUT2D eigenvalue weighted by atomic mass is 9.88. The molecule has 4 heteroatoms. The molecule has 18 heavy (non-hydrogen) atoms. The molecule has 0 bridgehead atoms. The minimum absolute atomic E-state index is 0.156. The molecule has 0 atom stereocenters. The van der Waals surface area contributed by atoms with Crippen molar-refractivity contribution in [1.29, 1.82) is 0 Å². The molecule has 0 saturated heterocycles. The number of aliphatic hydroxyl groups excluding tert-OH is 1. The molecule has 0 amide bonds. The second-order valence-electron chi connectivity index (χ2n) is 4.82. The summed E-state index contributed by atoms with van der Waals surface area (Å²) in [4.78, 5) is 10.8. The fourth-order valence-electron chi connectivity index (χ4n) is 2.24. The molecule has 1 saturated carbocycles. The van der Waals surface area contributed by atoms with Gasteiger partial charge in [0.2, 0.25) is 0 Å². The Morgan fingerprint density at radius 3 is 2.67 bits per heavy atom. The maximum Gasteiger partial charge on any atom is 0.335 e. The lowest BCUT2D eigenvalue weighted by Crippen LogP contribution is -2.22. The molecule has 0 unspecified atom stereocenters. The Hall–Kier alpha value is -1.55. The molecular formula is C14H18O4. The van der Waals surface area contributed by atoms with E-state index < -0.39 is 5.97 Å². The molecular weight excluding hydrogens is 232 g/mol. The Balaban J connectivity index is 1.86. The van der Waals surface area contributed by atoms with Crippen LogP contribution in [0.5, 0.6) is 5.75 Å². The van der Waals surface area contributed by atoms with E-state index >= 15 is 0 Å². The van der Waals surface area contributed by atoms with E-state index in [1.807, 2.05) is 0 Å². The van der Waals surface area contributed by atoms with Gasteiger partial charge in [-0.3, -0.25) is 0 Å². The average molecular weight is 250 g/mol. The highest BCUT2D eigenvalue weighted by atomic mass is 16.5. The van der Waals surface area contributed by atoms with Crippen molar-refractivity contribution < 1.29 is 19.7 Å². The molecule has 0 radical (unpaired) electrons. The van der Waals surface area contributed by atoms with Crippen LogP contribution >= 0.6 is 0 Å². The van der Waals surface area contributed by atoms with Gasteiger partial charge in [-0.05, 0) is 49.8 Å². The maximum absolute atomic E-state index is 10.8. The van der Waals surface area contributed by atoms with Crippen LogP contribution in [0.3, 0.4) is 0 Å². The molecule has 1 aromatic rings. The normalized spacial score (nSPS) is 23.6. The van der Waals surface area contributed by atoms with Gasteiger partial charge in [0.15, 0.2) is 0 Å². The summed E-state index contributed by atoms with van der Waals surface area (Å²) in [7, 11) is 0.